The average Bonchev–Trinajstić information content (AvgIpc) is 2.76. The first-order chi connectivity index (χ1) is 10.5. The molecule has 1 aliphatic carbocycles. The Morgan fingerprint density at radius 2 is 1.82 bits per heavy atom. The Morgan fingerprint density at radius 1 is 1.14 bits per heavy atom. The molecule has 2 aliphatic heterocycles. The van der Waals surface area contributed by atoms with E-state index in [2.05, 4.69) is 25.5 Å². The van der Waals surface area contributed by atoms with Gasteiger partial charge in [0.25, 0.3) is 0 Å². The quantitative estimate of drug-likeness (QED) is 0.589. The molecule has 3 nitrogen and oxygen atoms in total. The van der Waals surface area contributed by atoms with E-state index in [-0.39, 0.29) is 11.9 Å². The number of piperidine rings is 1. The lowest BCUT2D eigenvalue weighted by molar-refractivity contribution is -0.154. The van der Waals surface area contributed by atoms with Gasteiger partial charge in [-0.2, -0.15) is 0 Å². The molecule has 0 radical (unpaired) electrons. The van der Waals surface area contributed by atoms with Crippen molar-refractivity contribution in [3.8, 4) is 0 Å². The molecule has 0 aromatic rings. The summed E-state index contributed by atoms with van der Waals surface area (Å²) in [4.78, 5) is 14.9. The van der Waals surface area contributed by atoms with Gasteiger partial charge in [0.2, 0.25) is 0 Å². The van der Waals surface area contributed by atoms with Crippen molar-refractivity contribution >= 4 is 5.97 Å². The maximum absolute atomic E-state index is 12.5. The molecule has 4 atom stereocenters. The second kappa shape index (κ2) is 6.35. The van der Waals surface area contributed by atoms with Crippen molar-refractivity contribution in [3.63, 3.8) is 0 Å². The molecular weight excluding hydrogens is 274 g/mol. The molecule has 3 heteroatoms. The van der Waals surface area contributed by atoms with Gasteiger partial charge in [0, 0.05) is 12.1 Å². The first kappa shape index (κ1) is 16.0. The summed E-state index contributed by atoms with van der Waals surface area (Å²) in [6.07, 6.45) is 8.66. The zero-order chi connectivity index (χ0) is 15.9. The van der Waals surface area contributed by atoms with Crippen molar-refractivity contribution < 1.29 is 9.53 Å². The van der Waals surface area contributed by atoms with Crippen molar-refractivity contribution in [2.75, 3.05) is 14.2 Å². The van der Waals surface area contributed by atoms with E-state index < -0.39 is 0 Å². The molecule has 4 unspecified atom stereocenters. The second-order valence-electron chi connectivity index (χ2n) is 7.87. The number of fused-ring (bicyclic) bond motifs is 2. The first-order valence-electron chi connectivity index (χ1n) is 8.98. The molecule has 0 aromatic heterocycles. The highest BCUT2D eigenvalue weighted by Crippen LogP contribution is 2.49. The van der Waals surface area contributed by atoms with Crippen LogP contribution in [-0.2, 0) is 9.53 Å². The van der Waals surface area contributed by atoms with Crippen LogP contribution in [0.3, 0.4) is 0 Å². The van der Waals surface area contributed by atoms with Crippen LogP contribution in [0.2, 0.25) is 0 Å². The minimum absolute atomic E-state index is 0.0317. The van der Waals surface area contributed by atoms with E-state index in [9.17, 15) is 4.79 Å². The van der Waals surface area contributed by atoms with E-state index in [0.717, 1.165) is 0 Å². The summed E-state index contributed by atoms with van der Waals surface area (Å²) in [5, 5.41) is 0. The van der Waals surface area contributed by atoms with Gasteiger partial charge in [-0.3, -0.25) is 9.69 Å². The number of ether oxygens (including phenoxy) is 1. The fourth-order valence-corrected chi connectivity index (χ4v) is 5.50. The Kier molecular flexibility index (Phi) is 4.63. The van der Waals surface area contributed by atoms with Crippen LogP contribution < -0.4 is 0 Å². The molecule has 0 aromatic carbocycles. The highest BCUT2D eigenvalue weighted by atomic mass is 16.5. The third-order valence-electron chi connectivity index (χ3n) is 6.86. The SMILES string of the molecule is C=C(C)C1CCC(C2CC3CCC(C2C(=O)OC)N3C)CC1. The van der Waals surface area contributed by atoms with Gasteiger partial charge in [-0.05, 0) is 76.7 Å². The van der Waals surface area contributed by atoms with Gasteiger partial charge in [0.1, 0.15) is 0 Å². The van der Waals surface area contributed by atoms with Crippen LogP contribution in [0.25, 0.3) is 0 Å². The maximum Gasteiger partial charge on any atom is 0.310 e. The molecule has 3 rings (SSSR count). The van der Waals surface area contributed by atoms with Crippen LogP contribution in [-0.4, -0.2) is 37.1 Å². The molecule has 2 saturated heterocycles. The largest absolute Gasteiger partial charge is 0.469 e. The molecule has 3 aliphatic rings. The Bertz CT molecular complexity index is 439. The van der Waals surface area contributed by atoms with Crippen molar-refractivity contribution in [2.24, 2.45) is 23.7 Å². The van der Waals surface area contributed by atoms with Gasteiger partial charge >= 0.3 is 5.97 Å². The number of nitrogens with zero attached hydrogens (tertiary/aromatic N) is 1. The van der Waals surface area contributed by atoms with Crippen molar-refractivity contribution in [2.45, 2.75) is 64.0 Å². The maximum atomic E-state index is 12.5. The summed E-state index contributed by atoms with van der Waals surface area (Å²) in [5.74, 6) is 2.07. The van der Waals surface area contributed by atoms with Crippen LogP contribution in [0.1, 0.15) is 51.9 Å². The molecule has 2 bridgehead atoms. The number of carbonyl (C=O) groups excluding carboxylic acids is 1. The third-order valence-corrected chi connectivity index (χ3v) is 6.86. The number of esters is 1. The Morgan fingerprint density at radius 3 is 2.41 bits per heavy atom. The van der Waals surface area contributed by atoms with Gasteiger partial charge < -0.3 is 4.74 Å². The summed E-state index contributed by atoms with van der Waals surface area (Å²) < 4.78 is 5.19. The minimum Gasteiger partial charge on any atom is -0.469 e. The summed E-state index contributed by atoms with van der Waals surface area (Å²) in [5.41, 5.74) is 1.34. The van der Waals surface area contributed by atoms with E-state index in [4.69, 9.17) is 4.74 Å². The van der Waals surface area contributed by atoms with E-state index in [1.165, 1.54) is 50.5 Å². The van der Waals surface area contributed by atoms with Crippen LogP contribution in [0, 0.1) is 23.7 Å². The predicted molar refractivity (Wildman–Crippen MR) is 88.4 cm³/mol. The van der Waals surface area contributed by atoms with Crippen molar-refractivity contribution in [1.29, 1.82) is 0 Å². The predicted octanol–water partition coefficient (Wildman–Crippen LogP) is 3.64. The van der Waals surface area contributed by atoms with Crippen LogP contribution in [0.15, 0.2) is 12.2 Å². The van der Waals surface area contributed by atoms with E-state index in [1.807, 2.05) is 0 Å². The van der Waals surface area contributed by atoms with Crippen LogP contribution in [0.4, 0.5) is 0 Å². The summed E-state index contributed by atoms with van der Waals surface area (Å²) in [7, 11) is 3.75. The van der Waals surface area contributed by atoms with E-state index >= 15 is 0 Å². The Hall–Kier alpha value is -0.830. The molecule has 0 amide bonds. The highest BCUT2D eigenvalue weighted by Gasteiger charge is 2.51. The zero-order valence-corrected chi connectivity index (χ0v) is 14.4. The number of rotatable bonds is 3. The Labute approximate surface area is 135 Å². The summed E-state index contributed by atoms with van der Waals surface area (Å²) >= 11 is 0. The fraction of sp³-hybridized carbons (Fsp3) is 0.842. The third kappa shape index (κ3) is 2.73. The van der Waals surface area contributed by atoms with Gasteiger partial charge in [0.15, 0.2) is 0 Å². The normalized spacial score (nSPS) is 42.1. The average molecular weight is 305 g/mol. The van der Waals surface area contributed by atoms with Crippen molar-refractivity contribution in [1.82, 2.24) is 4.90 Å². The van der Waals surface area contributed by atoms with Gasteiger partial charge in [-0.1, -0.05) is 12.2 Å². The van der Waals surface area contributed by atoms with Crippen molar-refractivity contribution in [3.05, 3.63) is 12.2 Å². The summed E-state index contributed by atoms with van der Waals surface area (Å²) in [6.45, 7) is 6.30. The number of hydrogen-bond acceptors (Lipinski definition) is 3. The Balaban J connectivity index is 1.74. The van der Waals surface area contributed by atoms with E-state index in [0.29, 0.717) is 29.8 Å². The zero-order valence-electron chi connectivity index (χ0n) is 14.4. The number of allylic oxidation sites excluding steroid dienone is 1. The lowest BCUT2D eigenvalue weighted by Gasteiger charge is -2.46. The number of carbonyl (C=O) groups is 1. The first-order valence-corrected chi connectivity index (χ1v) is 8.98. The molecule has 0 spiro atoms. The van der Waals surface area contributed by atoms with Crippen LogP contribution >= 0.6 is 0 Å². The lowest BCUT2D eigenvalue weighted by Crippen LogP contribution is -2.52. The molecule has 2 heterocycles. The van der Waals surface area contributed by atoms with Crippen LogP contribution in [0.5, 0.6) is 0 Å². The van der Waals surface area contributed by atoms with E-state index in [1.54, 1.807) is 7.11 Å². The minimum atomic E-state index is 0.0317. The lowest BCUT2D eigenvalue weighted by atomic mass is 9.66. The topological polar surface area (TPSA) is 29.5 Å². The van der Waals surface area contributed by atoms with Gasteiger partial charge in [0.05, 0.1) is 13.0 Å². The molecule has 124 valence electrons. The second-order valence-corrected chi connectivity index (χ2v) is 7.87. The monoisotopic (exact) mass is 305 g/mol. The highest BCUT2D eigenvalue weighted by molar-refractivity contribution is 5.74. The number of methoxy groups -OCH3 is 1. The smallest absolute Gasteiger partial charge is 0.310 e. The molecule has 22 heavy (non-hydrogen) atoms. The standard InChI is InChI=1S/C19H31NO2/c1-12(2)13-5-7-14(8-6-13)16-11-15-9-10-17(20(15)3)18(16)19(21)22-4/h13-18H,1,5-11H2,2-4H3. The molecule has 0 N–H and O–H groups in total. The van der Waals surface area contributed by atoms with Gasteiger partial charge in [-0.25, -0.2) is 0 Å². The molecule has 3 fully saturated rings. The molecule has 1 saturated carbocycles. The number of hydrogen-bond donors (Lipinski definition) is 0. The fourth-order valence-electron chi connectivity index (χ4n) is 5.50. The van der Waals surface area contributed by atoms with Gasteiger partial charge in [-0.15, -0.1) is 0 Å². The summed E-state index contributed by atoms with van der Waals surface area (Å²) in [6, 6.07) is 1.10. The molecular formula is C19H31NO2.